The molecule has 0 bridgehead atoms. The number of para-hydroxylation sites is 1. The molecule has 114 valence electrons. The van der Waals surface area contributed by atoms with Crippen LogP contribution in [0.4, 0.5) is 5.69 Å². The molecule has 0 amide bonds. The van der Waals surface area contributed by atoms with E-state index in [-0.39, 0.29) is 6.79 Å². The summed E-state index contributed by atoms with van der Waals surface area (Å²) >= 11 is 0. The quantitative estimate of drug-likeness (QED) is 0.597. The normalized spacial score (nSPS) is 23.0. The molecule has 1 unspecified atom stereocenters. The Hall–Kier alpha value is -3.02. The van der Waals surface area contributed by atoms with Gasteiger partial charge in [0.1, 0.15) is 23.6 Å². The largest absolute Gasteiger partial charge is 0.491 e. The fourth-order valence-corrected chi connectivity index (χ4v) is 3.52. The number of ether oxygens (including phenoxy) is 3. The van der Waals surface area contributed by atoms with Crippen LogP contribution in [0.3, 0.4) is 0 Å². The molecule has 5 rings (SSSR count). The van der Waals surface area contributed by atoms with Gasteiger partial charge in [-0.15, -0.1) is 0 Å². The summed E-state index contributed by atoms with van der Waals surface area (Å²) < 4.78 is 16.9. The third-order valence-corrected chi connectivity index (χ3v) is 4.55. The van der Waals surface area contributed by atoms with Crippen molar-refractivity contribution in [2.75, 3.05) is 13.4 Å². The minimum absolute atomic E-state index is 0.226. The van der Waals surface area contributed by atoms with Crippen LogP contribution >= 0.6 is 0 Å². The predicted molar refractivity (Wildman–Crippen MR) is 85.1 cm³/mol. The van der Waals surface area contributed by atoms with Gasteiger partial charge in [-0.1, -0.05) is 18.2 Å². The lowest BCUT2D eigenvalue weighted by Crippen LogP contribution is -2.35. The molecule has 2 aromatic carbocycles. The van der Waals surface area contributed by atoms with E-state index in [4.69, 9.17) is 19.9 Å². The van der Waals surface area contributed by atoms with Crippen molar-refractivity contribution < 1.29 is 14.2 Å². The summed E-state index contributed by atoms with van der Waals surface area (Å²) in [4.78, 5) is 8.97. The molecule has 3 heterocycles. The van der Waals surface area contributed by atoms with Gasteiger partial charge in [-0.2, -0.15) is 0 Å². The highest BCUT2D eigenvalue weighted by molar-refractivity contribution is 6.07. The predicted octanol–water partition coefficient (Wildman–Crippen LogP) is 2.12. The number of hydrogen-bond donors (Lipinski definition) is 1. The van der Waals surface area contributed by atoms with Gasteiger partial charge < -0.3 is 19.9 Å². The van der Waals surface area contributed by atoms with Gasteiger partial charge in [0.25, 0.3) is 0 Å². The molecule has 23 heavy (non-hydrogen) atoms. The average molecular weight is 307 g/mol. The maximum atomic E-state index is 5.96. The van der Waals surface area contributed by atoms with E-state index in [1.807, 2.05) is 30.3 Å². The number of nitrogens with zero attached hydrogens (tertiary/aromatic N) is 2. The number of benzene rings is 2. The number of fused-ring (bicyclic) bond motifs is 5. The van der Waals surface area contributed by atoms with Crippen LogP contribution in [-0.4, -0.2) is 25.6 Å². The lowest BCUT2D eigenvalue weighted by Gasteiger charge is -2.23. The minimum Gasteiger partial charge on any atom is -0.491 e. The van der Waals surface area contributed by atoms with Gasteiger partial charge in [-0.25, -0.2) is 9.98 Å². The lowest BCUT2D eigenvalue weighted by molar-refractivity contribution is 0.173. The van der Waals surface area contributed by atoms with Crippen molar-refractivity contribution in [3.05, 3.63) is 47.5 Å². The Morgan fingerprint density at radius 2 is 1.87 bits per heavy atom. The Kier molecular flexibility index (Phi) is 2.31. The lowest BCUT2D eigenvalue weighted by atomic mass is 9.76. The second-order valence-electron chi connectivity index (χ2n) is 5.63. The van der Waals surface area contributed by atoms with E-state index in [1.165, 1.54) is 6.34 Å². The number of aliphatic imine (C=N–C) groups is 2. The van der Waals surface area contributed by atoms with Gasteiger partial charge in [0.2, 0.25) is 6.79 Å². The first-order valence-corrected chi connectivity index (χ1v) is 7.33. The molecule has 1 atom stereocenters. The van der Waals surface area contributed by atoms with E-state index in [0.717, 1.165) is 22.6 Å². The minimum atomic E-state index is -0.553. The summed E-state index contributed by atoms with van der Waals surface area (Å²) in [5.74, 6) is 2.83. The van der Waals surface area contributed by atoms with Crippen molar-refractivity contribution in [2.45, 2.75) is 5.41 Å². The van der Waals surface area contributed by atoms with Crippen LogP contribution < -0.4 is 19.9 Å². The van der Waals surface area contributed by atoms with Gasteiger partial charge in [-0.05, 0) is 17.7 Å². The third-order valence-electron chi connectivity index (χ3n) is 4.55. The van der Waals surface area contributed by atoms with Crippen LogP contribution in [0.5, 0.6) is 17.2 Å². The third kappa shape index (κ3) is 1.47. The molecule has 3 aliphatic rings. The summed E-state index contributed by atoms with van der Waals surface area (Å²) in [6.45, 7) is 0.655. The maximum Gasteiger partial charge on any atom is 0.231 e. The van der Waals surface area contributed by atoms with Gasteiger partial charge in [0, 0.05) is 11.6 Å². The zero-order valence-corrected chi connectivity index (χ0v) is 12.2. The number of nitrogens with two attached hydrogens (primary N) is 1. The highest BCUT2D eigenvalue weighted by Crippen LogP contribution is 2.54. The molecule has 0 radical (unpaired) electrons. The fraction of sp³-hybridized carbons (Fsp3) is 0.176. The Morgan fingerprint density at radius 1 is 1.04 bits per heavy atom. The molecule has 0 fully saturated rings. The zero-order chi connectivity index (χ0) is 15.4. The van der Waals surface area contributed by atoms with Gasteiger partial charge in [0.05, 0.1) is 12.0 Å². The van der Waals surface area contributed by atoms with Gasteiger partial charge in [0.15, 0.2) is 11.5 Å². The highest BCUT2D eigenvalue weighted by Gasteiger charge is 2.52. The van der Waals surface area contributed by atoms with E-state index in [0.29, 0.717) is 23.9 Å². The molecule has 0 aromatic heterocycles. The molecule has 0 saturated carbocycles. The maximum absolute atomic E-state index is 5.96. The van der Waals surface area contributed by atoms with Crippen LogP contribution in [0.2, 0.25) is 0 Å². The molecule has 2 aromatic rings. The number of amidine groups is 1. The molecule has 2 N–H and O–H groups in total. The summed E-state index contributed by atoms with van der Waals surface area (Å²) in [6, 6.07) is 11.8. The summed E-state index contributed by atoms with van der Waals surface area (Å²) in [5.41, 5.74) is 7.93. The average Bonchev–Trinajstić information content (AvgIpc) is 3.25. The molecule has 1 spiro atoms. The zero-order valence-electron chi connectivity index (χ0n) is 12.2. The number of hydrogen-bond acceptors (Lipinski definition) is 5. The first-order chi connectivity index (χ1) is 11.3. The van der Waals surface area contributed by atoms with Crippen molar-refractivity contribution in [1.29, 1.82) is 0 Å². The van der Waals surface area contributed by atoms with Crippen molar-refractivity contribution in [1.82, 2.24) is 0 Å². The van der Waals surface area contributed by atoms with E-state index in [1.54, 1.807) is 0 Å². The SMILES string of the molecule is NC=NC1=Nc2ccccc2C12COc1cc3c(cc12)OCO3. The van der Waals surface area contributed by atoms with Crippen molar-refractivity contribution in [2.24, 2.45) is 15.7 Å². The van der Waals surface area contributed by atoms with Crippen LogP contribution in [0.15, 0.2) is 46.4 Å². The molecular weight excluding hydrogens is 294 g/mol. The molecule has 0 saturated heterocycles. The smallest absolute Gasteiger partial charge is 0.231 e. The second kappa shape index (κ2) is 4.25. The van der Waals surface area contributed by atoms with E-state index in [9.17, 15) is 0 Å². The van der Waals surface area contributed by atoms with E-state index in [2.05, 4.69) is 16.1 Å². The standard InChI is InChI=1S/C17H13N3O3/c18-8-19-16-17(10-3-1-2-4-12(10)20-16)7-21-13-6-15-14(5-11(13)17)22-9-23-15/h1-6,8H,7,9H2,(H2,18,19,20). The van der Waals surface area contributed by atoms with Crippen LogP contribution in [-0.2, 0) is 5.41 Å². The molecule has 3 aliphatic heterocycles. The van der Waals surface area contributed by atoms with E-state index >= 15 is 0 Å². The molecule has 6 heteroatoms. The Morgan fingerprint density at radius 3 is 2.74 bits per heavy atom. The molecular formula is C17H13N3O3. The second-order valence-corrected chi connectivity index (χ2v) is 5.63. The van der Waals surface area contributed by atoms with Crippen molar-refractivity contribution in [3.63, 3.8) is 0 Å². The monoisotopic (exact) mass is 307 g/mol. The summed E-state index contributed by atoms with van der Waals surface area (Å²) in [6.07, 6.45) is 1.28. The van der Waals surface area contributed by atoms with Crippen LogP contribution in [0.1, 0.15) is 11.1 Å². The Labute approximate surface area is 132 Å². The summed E-state index contributed by atoms with van der Waals surface area (Å²) in [5, 5.41) is 0. The highest BCUT2D eigenvalue weighted by atomic mass is 16.7. The van der Waals surface area contributed by atoms with Crippen LogP contribution in [0.25, 0.3) is 0 Å². The Bertz CT molecular complexity index is 891. The van der Waals surface area contributed by atoms with Crippen molar-refractivity contribution >= 4 is 17.9 Å². The first-order valence-electron chi connectivity index (χ1n) is 7.33. The molecule has 6 nitrogen and oxygen atoms in total. The van der Waals surface area contributed by atoms with Gasteiger partial charge in [-0.3, -0.25) is 0 Å². The van der Waals surface area contributed by atoms with E-state index < -0.39 is 5.41 Å². The molecule has 0 aliphatic carbocycles. The topological polar surface area (TPSA) is 78.4 Å². The fourth-order valence-electron chi connectivity index (χ4n) is 3.52. The Balaban J connectivity index is 1.79. The van der Waals surface area contributed by atoms with Crippen LogP contribution in [0, 0.1) is 0 Å². The van der Waals surface area contributed by atoms with Gasteiger partial charge >= 0.3 is 0 Å². The summed E-state index contributed by atoms with van der Waals surface area (Å²) in [7, 11) is 0. The van der Waals surface area contributed by atoms with Crippen molar-refractivity contribution in [3.8, 4) is 17.2 Å². The number of rotatable bonds is 0. The first kappa shape index (κ1) is 12.5.